The fourth-order valence-corrected chi connectivity index (χ4v) is 15.9. The molecule has 12 aromatic carbocycles. The predicted molar refractivity (Wildman–Crippen MR) is 416 cm³/mol. The molecule has 0 atom stereocenters. The number of pyridine rings is 1. The highest BCUT2D eigenvalue weighted by Gasteiger charge is 2.43. The summed E-state index contributed by atoms with van der Waals surface area (Å²) in [4.78, 5) is 5.68. The quantitative estimate of drug-likeness (QED) is 0.139. The Kier molecular flexibility index (Phi) is 13.6. The molecule has 0 spiro atoms. The summed E-state index contributed by atoms with van der Waals surface area (Å²) in [6.07, 6.45) is 0. The lowest BCUT2D eigenvalue weighted by Gasteiger charge is -2.35. The van der Waals surface area contributed by atoms with Crippen LogP contribution in [-0.4, -0.2) is 20.8 Å². The molecule has 17 rings (SSSR count). The van der Waals surface area contributed by atoms with Crippen LogP contribution in [0.25, 0.3) is 144 Å². The Morgan fingerprint density at radius 3 is 0.959 bits per heavy atom. The molecule has 0 N–H and O–H groups in total. The average Bonchev–Trinajstić information content (AvgIpc) is 1.54. The van der Waals surface area contributed by atoms with E-state index in [0.717, 1.165) is 33.9 Å². The predicted octanol–water partition coefficient (Wildman–Crippen LogP) is 22.9. The molecule has 470 valence electrons. The van der Waals surface area contributed by atoms with Gasteiger partial charge in [-0.3, -0.25) is 0 Å². The van der Waals surface area contributed by atoms with Crippen molar-refractivity contribution in [3.8, 4) is 101 Å². The molecular weight excluding hydrogens is 1170 g/mol. The Morgan fingerprint density at radius 2 is 0.598 bits per heavy atom. The average molecular weight is 1250 g/mol. The highest BCUT2D eigenvalue weighted by molar-refractivity contribution is 7.00. The van der Waals surface area contributed by atoms with E-state index in [9.17, 15) is 0 Å². The van der Waals surface area contributed by atoms with Crippen LogP contribution < -0.4 is 16.4 Å². The van der Waals surface area contributed by atoms with E-state index in [-0.39, 0.29) is 28.4 Å². The van der Waals surface area contributed by atoms with E-state index in [0.29, 0.717) is 0 Å². The number of hydrogen-bond donors (Lipinski definition) is 0. The zero-order chi connectivity index (χ0) is 66.6. The molecule has 2 aliphatic heterocycles. The Bertz CT molecular complexity index is 5310. The molecule has 0 saturated carbocycles. The van der Waals surface area contributed by atoms with Crippen molar-refractivity contribution in [2.75, 3.05) is 0 Å². The molecule has 4 heteroatoms. The standard InChI is InChI=1S/C93H80BN3/c1-90(2,3)67-45-64(46-68(55-67)91(4,5)6)71-41-43-75-88-85(71)83-73(59-33-22-15-23-34-59)49-62(57-29-18-13-19-30-57)51-79(83)96(88)81-53-66(78-40-28-39-77(95-78)61-37-26-17-27-38-61)54-82-87(81)94(75)76-44-42-72(65-47-69(92(7,8)9)56-70(48-65)93(10,11)12)86-84-74(60-35-24-16-25-36-60)50-63(58-31-20-14-21-32-58)52-80(84)97(82)89(76)86/h13-56H,1-12H3. The van der Waals surface area contributed by atoms with E-state index < -0.39 is 0 Å². The van der Waals surface area contributed by atoms with Gasteiger partial charge in [0.25, 0.3) is 6.71 Å². The summed E-state index contributed by atoms with van der Waals surface area (Å²) < 4.78 is 5.42. The lowest BCUT2D eigenvalue weighted by atomic mass is 9.34. The van der Waals surface area contributed by atoms with Gasteiger partial charge in [0.15, 0.2) is 0 Å². The second-order valence-electron chi connectivity index (χ2n) is 31.6. The molecule has 2 aliphatic rings. The van der Waals surface area contributed by atoms with Crippen molar-refractivity contribution in [3.63, 3.8) is 0 Å². The fraction of sp³-hybridized carbons (Fsp3) is 0.172. The van der Waals surface area contributed by atoms with Crippen molar-refractivity contribution in [1.29, 1.82) is 0 Å². The molecule has 0 unspecified atom stereocenters. The molecule has 0 fully saturated rings. The maximum absolute atomic E-state index is 5.68. The Hall–Kier alpha value is -10.5. The van der Waals surface area contributed by atoms with Gasteiger partial charge in [0.1, 0.15) is 0 Å². The summed E-state index contributed by atoms with van der Waals surface area (Å²) in [5.41, 5.74) is 34.4. The third-order valence-corrected chi connectivity index (χ3v) is 21.1. The van der Waals surface area contributed by atoms with Gasteiger partial charge in [0.2, 0.25) is 0 Å². The molecule has 0 bridgehead atoms. The minimum Gasteiger partial charge on any atom is -0.310 e. The maximum atomic E-state index is 5.68. The lowest BCUT2D eigenvalue weighted by molar-refractivity contribution is 0.568. The minimum atomic E-state index is -0.177. The summed E-state index contributed by atoms with van der Waals surface area (Å²) in [7, 11) is 0. The summed E-state index contributed by atoms with van der Waals surface area (Å²) >= 11 is 0. The second-order valence-corrected chi connectivity index (χ2v) is 31.6. The van der Waals surface area contributed by atoms with Gasteiger partial charge in [-0.25, -0.2) is 4.98 Å². The second kappa shape index (κ2) is 22.0. The molecule has 3 aromatic heterocycles. The van der Waals surface area contributed by atoms with E-state index >= 15 is 0 Å². The largest absolute Gasteiger partial charge is 0.310 e. The normalized spacial score (nSPS) is 12.9. The molecule has 0 aliphatic carbocycles. The first-order chi connectivity index (χ1) is 46.6. The molecule has 97 heavy (non-hydrogen) atoms. The van der Waals surface area contributed by atoms with Crippen molar-refractivity contribution in [1.82, 2.24) is 14.1 Å². The van der Waals surface area contributed by atoms with E-state index in [1.54, 1.807) is 0 Å². The van der Waals surface area contributed by atoms with Gasteiger partial charge in [0.05, 0.1) is 33.5 Å². The van der Waals surface area contributed by atoms with E-state index in [2.05, 4.69) is 359 Å². The van der Waals surface area contributed by atoms with Gasteiger partial charge in [-0.2, -0.15) is 0 Å². The van der Waals surface area contributed by atoms with Crippen LogP contribution in [0.3, 0.4) is 0 Å². The molecule has 5 heterocycles. The topological polar surface area (TPSA) is 22.8 Å². The fourth-order valence-electron chi connectivity index (χ4n) is 15.9. The van der Waals surface area contributed by atoms with Gasteiger partial charge >= 0.3 is 0 Å². The summed E-state index contributed by atoms with van der Waals surface area (Å²) in [5.74, 6) is 0. The van der Waals surface area contributed by atoms with Gasteiger partial charge in [-0.15, -0.1) is 0 Å². The van der Waals surface area contributed by atoms with Crippen LogP contribution in [0.1, 0.15) is 105 Å². The van der Waals surface area contributed by atoms with Gasteiger partial charge in [-0.05, 0) is 176 Å². The van der Waals surface area contributed by atoms with Crippen molar-refractivity contribution in [2.24, 2.45) is 0 Å². The van der Waals surface area contributed by atoms with E-state index in [4.69, 9.17) is 4.98 Å². The van der Waals surface area contributed by atoms with Crippen LogP contribution >= 0.6 is 0 Å². The molecule has 0 radical (unpaired) electrons. The molecule has 0 amide bonds. The number of benzene rings is 12. The van der Waals surface area contributed by atoms with Crippen molar-refractivity contribution < 1.29 is 0 Å². The van der Waals surface area contributed by atoms with Gasteiger partial charge < -0.3 is 9.13 Å². The first kappa shape index (κ1) is 60.1. The first-order valence-corrected chi connectivity index (χ1v) is 34.7. The first-order valence-electron chi connectivity index (χ1n) is 34.7. The number of aromatic nitrogens is 3. The zero-order valence-corrected chi connectivity index (χ0v) is 57.8. The van der Waals surface area contributed by atoms with Crippen LogP contribution in [0.2, 0.25) is 0 Å². The van der Waals surface area contributed by atoms with Crippen molar-refractivity contribution >= 4 is 66.7 Å². The lowest BCUT2D eigenvalue weighted by Crippen LogP contribution is -2.59. The number of nitrogens with zero attached hydrogens (tertiary/aromatic N) is 3. The smallest absolute Gasteiger partial charge is 0.252 e. The van der Waals surface area contributed by atoms with Crippen molar-refractivity contribution in [2.45, 2.75) is 105 Å². The zero-order valence-electron chi connectivity index (χ0n) is 57.8. The Balaban J connectivity index is 1.10. The van der Waals surface area contributed by atoms with Gasteiger partial charge in [0, 0.05) is 44.0 Å². The van der Waals surface area contributed by atoms with Gasteiger partial charge in [-0.1, -0.05) is 301 Å². The van der Waals surface area contributed by atoms with Crippen molar-refractivity contribution in [3.05, 3.63) is 289 Å². The molecule has 0 saturated heterocycles. The van der Waals surface area contributed by atoms with Crippen LogP contribution in [0, 0.1) is 0 Å². The molecule has 15 aromatic rings. The summed E-state index contributed by atoms with van der Waals surface area (Å²) in [6.45, 7) is 28.2. The minimum absolute atomic E-state index is 0.103. The summed E-state index contributed by atoms with van der Waals surface area (Å²) in [5, 5.41) is 5.03. The third-order valence-electron chi connectivity index (χ3n) is 21.1. The van der Waals surface area contributed by atoms with E-state index in [1.807, 2.05) is 0 Å². The molecular formula is C93H80BN3. The SMILES string of the molecule is CC(C)(C)c1cc(-c2ccc3c4c2c2c(-c5ccccc5)cc(-c5ccccc5)cc2n4-c2cc(-c4cccc(-c5ccccc5)n4)cc4c2B3c2ccc(-c3cc(C(C)(C)C)cc(C(C)(C)C)c3)c3c5c(-c6ccccc6)cc(-c6ccccc6)cc5n-4c23)cc(C(C)(C)C)c1. The monoisotopic (exact) mass is 1250 g/mol. The number of fused-ring (bicyclic) bond motifs is 10. The third kappa shape index (κ3) is 9.88. The van der Waals surface area contributed by atoms with Crippen LogP contribution in [-0.2, 0) is 21.7 Å². The Morgan fingerprint density at radius 1 is 0.258 bits per heavy atom. The van der Waals surface area contributed by atoms with Crippen LogP contribution in [0.15, 0.2) is 267 Å². The highest BCUT2D eigenvalue weighted by Crippen LogP contribution is 2.51. The molecule has 3 nitrogen and oxygen atoms in total. The Labute approximate surface area is 571 Å². The van der Waals surface area contributed by atoms with Crippen LogP contribution in [0.4, 0.5) is 0 Å². The maximum Gasteiger partial charge on any atom is 0.252 e. The number of hydrogen-bond acceptors (Lipinski definition) is 1. The highest BCUT2D eigenvalue weighted by atomic mass is 15.0. The number of rotatable bonds is 8. The summed E-state index contributed by atoms with van der Waals surface area (Å²) in [6, 6.07) is 102. The van der Waals surface area contributed by atoms with Crippen LogP contribution in [0.5, 0.6) is 0 Å². The van der Waals surface area contributed by atoms with E-state index in [1.165, 1.54) is 149 Å².